The molecular formula is C15H17N. The van der Waals surface area contributed by atoms with Gasteiger partial charge in [0.1, 0.15) is 0 Å². The molecule has 0 aliphatic carbocycles. The molecule has 2 aromatic rings. The Kier molecular flexibility index (Phi) is 2.55. The molecule has 0 spiro atoms. The van der Waals surface area contributed by atoms with Crippen LogP contribution in [-0.4, -0.2) is 4.98 Å². The van der Waals surface area contributed by atoms with E-state index in [4.69, 9.17) is 0 Å². The normalized spacial score (nSPS) is 11.7. The highest BCUT2D eigenvalue weighted by Crippen LogP contribution is 2.30. The van der Waals surface area contributed by atoms with Crippen molar-refractivity contribution >= 4 is 16.8 Å². The summed E-state index contributed by atoms with van der Waals surface area (Å²) in [5.74, 6) is 0. The molecule has 0 saturated carbocycles. The Morgan fingerprint density at radius 1 is 1.12 bits per heavy atom. The van der Waals surface area contributed by atoms with Gasteiger partial charge >= 0.3 is 0 Å². The molecule has 1 aromatic heterocycles. The molecule has 0 aliphatic heterocycles. The maximum atomic E-state index is 4.29. The van der Waals surface area contributed by atoms with Crippen LogP contribution in [0.4, 0.5) is 0 Å². The topological polar surface area (TPSA) is 12.9 Å². The first-order chi connectivity index (χ1) is 7.54. The van der Waals surface area contributed by atoms with Crippen molar-refractivity contribution < 1.29 is 0 Å². The summed E-state index contributed by atoms with van der Waals surface area (Å²) in [6, 6.07) is 6.41. The SMILES string of the molecule is C=Cc1cncc2c(C(C)(C)C)cccc12. The van der Waals surface area contributed by atoms with Crippen LogP contribution in [0.25, 0.3) is 16.8 Å². The number of fused-ring (bicyclic) bond motifs is 1. The average molecular weight is 211 g/mol. The van der Waals surface area contributed by atoms with Gasteiger partial charge in [-0.15, -0.1) is 0 Å². The average Bonchev–Trinajstić information content (AvgIpc) is 2.26. The van der Waals surface area contributed by atoms with Crippen molar-refractivity contribution in [2.75, 3.05) is 0 Å². The first kappa shape index (κ1) is 10.9. The molecule has 0 amide bonds. The van der Waals surface area contributed by atoms with Crippen molar-refractivity contribution in [3.05, 3.63) is 48.3 Å². The summed E-state index contributed by atoms with van der Waals surface area (Å²) in [7, 11) is 0. The standard InChI is InChI=1S/C15H17N/c1-5-11-9-16-10-13-12(11)7-6-8-14(13)15(2,3)4/h5-10H,1H2,2-4H3. The summed E-state index contributed by atoms with van der Waals surface area (Å²) in [5, 5.41) is 2.46. The lowest BCUT2D eigenvalue weighted by Gasteiger charge is -2.21. The fourth-order valence-electron chi connectivity index (χ4n) is 2.03. The van der Waals surface area contributed by atoms with Crippen molar-refractivity contribution in [2.45, 2.75) is 26.2 Å². The first-order valence-corrected chi connectivity index (χ1v) is 5.53. The predicted octanol–water partition coefficient (Wildman–Crippen LogP) is 4.18. The summed E-state index contributed by atoms with van der Waals surface area (Å²) < 4.78 is 0. The number of pyridine rings is 1. The van der Waals surface area contributed by atoms with E-state index in [2.05, 4.69) is 50.5 Å². The second kappa shape index (κ2) is 3.75. The molecule has 0 atom stereocenters. The zero-order valence-electron chi connectivity index (χ0n) is 10.1. The van der Waals surface area contributed by atoms with E-state index < -0.39 is 0 Å². The fourth-order valence-corrected chi connectivity index (χ4v) is 2.03. The molecule has 2 rings (SSSR count). The van der Waals surface area contributed by atoms with Crippen molar-refractivity contribution in [1.29, 1.82) is 0 Å². The summed E-state index contributed by atoms with van der Waals surface area (Å²) in [6.07, 6.45) is 5.67. The molecule has 1 aromatic carbocycles. The molecule has 16 heavy (non-hydrogen) atoms. The number of nitrogens with zero attached hydrogens (tertiary/aromatic N) is 1. The zero-order valence-corrected chi connectivity index (χ0v) is 10.1. The third kappa shape index (κ3) is 1.73. The fraction of sp³-hybridized carbons (Fsp3) is 0.267. The van der Waals surface area contributed by atoms with E-state index in [1.54, 1.807) is 0 Å². The van der Waals surface area contributed by atoms with Crippen LogP contribution < -0.4 is 0 Å². The van der Waals surface area contributed by atoms with E-state index >= 15 is 0 Å². The predicted molar refractivity (Wildman–Crippen MR) is 70.5 cm³/mol. The Labute approximate surface area is 96.8 Å². The summed E-state index contributed by atoms with van der Waals surface area (Å²) >= 11 is 0. The highest BCUT2D eigenvalue weighted by molar-refractivity contribution is 5.92. The zero-order chi connectivity index (χ0) is 11.8. The lowest BCUT2D eigenvalue weighted by atomic mass is 9.84. The van der Waals surface area contributed by atoms with Crippen molar-refractivity contribution in [1.82, 2.24) is 4.98 Å². The molecule has 0 fully saturated rings. The third-order valence-electron chi connectivity index (χ3n) is 2.86. The molecule has 0 N–H and O–H groups in total. The highest BCUT2D eigenvalue weighted by Gasteiger charge is 2.16. The van der Waals surface area contributed by atoms with Crippen molar-refractivity contribution in [2.24, 2.45) is 0 Å². The lowest BCUT2D eigenvalue weighted by molar-refractivity contribution is 0.596. The number of aromatic nitrogens is 1. The number of rotatable bonds is 1. The van der Waals surface area contributed by atoms with Gasteiger partial charge in [0.15, 0.2) is 0 Å². The second-order valence-corrected chi connectivity index (χ2v) is 5.08. The van der Waals surface area contributed by atoms with Gasteiger partial charge in [-0.1, -0.05) is 51.6 Å². The Hall–Kier alpha value is -1.63. The van der Waals surface area contributed by atoms with Gasteiger partial charge < -0.3 is 0 Å². The highest BCUT2D eigenvalue weighted by atomic mass is 14.6. The van der Waals surface area contributed by atoms with Gasteiger partial charge in [-0.2, -0.15) is 0 Å². The van der Waals surface area contributed by atoms with Crippen LogP contribution >= 0.6 is 0 Å². The lowest BCUT2D eigenvalue weighted by Crippen LogP contribution is -2.11. The third-order valence-corrected chi connectivity index (χ3v) is 2.86. The number of hydrogen-bond acceptors (Lipinski definition) is 1. The van der Waals surface area contributed by atoms with E-state index in [1.165, 1.54) is 16.3 Å². The van der Waals surface area contributed by atoms with Gasteiger partial charge in [-0.25, -0.2) is 0 Å². The van der Waals surface area contributed by atoms with E-state index in [-0.39, 0.29) is 5.41 Å². The number of hydrogen-bond donors (Lipinski definition) is 0. The maximum Gasteiger partial charge on any atom is 0.0349 e. The smallest absolute Gasteiger partial charge is 0.0349 e. The molecule has 0 saturated heterocycles. The minimum absolute atomic E-state index is 0.140. The van der Waals surface area contributed by atoms with Crippen LogP contribution in [0.2, 0.25) is 0 Å². The van der Waals surface area contributed by atoms with Gasteiger partial charge in [-0.05, 0) is 16.4 Å². The van der Waals surface area contributed by atoms with Crippen LogP contribution in [0.5, 0.6) is 0 Å². The second-order valence-electron chi connectivity index (χ2n) is 5.08. The molecule has 1 heterocycles. The molecule has 0 unspecified atom stereocenters. The Balaban J connectivity index is 2.84. The van der Waals surface area contributed by atoms with Gasteiger partial charge in [0.2, 0.25) is 0 Å². The summed E-state index contributed by atoms with van der Waals surface area (Å²) in [5.41, 5.74) is 2.57. The van der Waals surface area contributed by atoms with Crippen LogP contribution in [0.15, 0.2) is 37.2 Å². The monoisotopic (exact) mass is 211 g/mol. The van der Waals surface area contributed by atoms with Gasteiger partial charge in [0.25, 0.3) is 0 Å². The Bertz CT molecular complexity index is 533. The molecule has 1 heteroatoms. The van der Waals surface area contributed by atoms with Crippen molar-refractivity contribution in [3.63, 3.8) is 0 Å². The van der Waals surface area contributed by atoms with Crippen LogP contribution in [-0.2, 0) is 5.41 Å². The quantitative estimate of drug-likeness (QED) is 0.689. The van der Waals surface area contributed by atoms with Crippen LogP contribution in [0.1, 0.15) is 31.9 Å². The van der Waals surface area contributed by atoms with Gasteiger partial charge in [0, 0.05) is 23.3 Å². The molecule has 0 bridgehead atoms. The molecule has 0 radical (unpaired) electrons. The van der Waals surface area contributed by atoms with E-state index in [9.17, 15) is 0 Å². The molecule has 1 nitrogen and oxygen atoms in total. The van der Waals surface area contributed by atoms with Gasteiger partial charge in [0.05, 0.1) is 0 Å². The Morgan fingerprint density at radius 3 is 2.50 bits per heavy atom. The summed E-state index contributed by atoms with van der Waals surface area (Å²) in [4.78, 5) is 4.29. The summed E-state index contributed by atoms with van der Waals surface area (Å²) in [6.45, 7) is 10.5. The van der Waals surface area contributed by atoms with Crippen LogP contribution in [0.3, 0.4) is 0 Å². The maximum absolute atomic E-state index is 4.29. The minimum Gasteiger partial charge on any atom is -0.263 e. The molecule has 82 valence electrons. The molecular weight excluding hydrogens is 194 g/mol. The first-order valence-electron chi connectivity index (χ1n) is 5.53. The Morgan fingerprint density at radius 2 is 1.88 bits per heavy atom. The van der Waals surface area contributed by atoms with E-state index in [0.717, 1.165) is 5.56 Å². The van der Waals surface area contributed by atoms with Crippen molar-refractivity contribution in [3.8, 4) is 0 Å². The largest absolute Gasteiger partial charge is 0.263 e. The van der Waals surface area contributed by atoms with Gasteiger partial charge in [-0.3, -0.25) is 4.98 Å². The van der Waals surface area contributed by atoms with E-state index in [0.29, 0.717) is 0 Å². The van der Waals surface area contributed by atoms with E-state index in [1.807, 2.05) is 18.5 Å². The number of benzene rings is 1. The van der Waals surface area contributed by atoms with Crippen LogP contribution in [0, 0.1) is 0 Å². The minimum atomic E-state index is 0.140. The molecule has 0 aliphatic rings.